The first-order valence-electron chi connectivity index (χ1n) is 6.66. The van der Waals surface area contributed by atoms with Gasteiger partial charge in [0.05, 0.1) is 5.69 Å². The van der Waals surface area contributed by atoms with E-state index in [4.69, 9.17) is 5.73 Å². The van der Waals surface area contributed by atoms with Crippen molar-refractivity contribution in [3.63, 3.8) is 0 Å². The number of hydrogen-bond acceptors (Lipinski definition) is 2. The maximum Gasteiger partial charge on any atom is 0.245 e. The highest BCUT2D eigenvalue weighted by atomic mass is 16.1. The molecule has 0 aliphatic heterocycles. The van der Waals surface area contributed by atoms with Gasteiger partial charge in [0.2, 0.25) is 5.91 Å². The van der Waals surface area contributed by atoms with E-state index >= 15 is 0 Å². The summed E-state index contributed by atoms with van der Waals surface area (Å²) < 4.78 is 0. The predicted octanol–water partition coefficient (Wildman–Crippen LogP) is 2.87. The fraction of sp³-hybridized carbons (Fsp3) is 0.0588. The van der Waals surface area contributed by atoms with Crippen molar-refractivity contribution in [3.8, 4) is 0 Å². The number of rotatable bonds is 3. The molecule has 0 unspecified atom stereocenters. The third kappa shape index (κ3) is 2.43. The van der Waals surface area contributed by atoms with E-state index < -0.39 is 5.91 Å². The number of hydrogen-bond donors (Lipinski definition) is 2. The van der Waals surface area contributed by atoms with Gasteiger partial charge in [-0.3, -0.25) is 9.78 Å². The summed E-state index contributed by atoms with van der Waals surface area (Å²) >= 11 is 0. The smallest absolute Gasteiger partial charge is 0.245 e. The lowest BCUT2D eigenvalue weighted by molar-refractivity contribution is -0.114. The van der Waals surface area contributed by atoms with Crippen LogP contribution in [0.5, 0.6) is 0 Å². The second-order valence-electron chi connectivity index (χ2n) is 4.86. The van der Waals surface area contributed by atoms with Gasteiger partial charge in [-0.15, -0.1) is 0 Å². The van der Waals surface area contributed by atoms with Crippen LogP contribution in [0.15, 0.2) is 60.4 Å². The summed E-state index contributed by atoms with van der Waals surface area (Å²) in [6, 6.07) is 13.6. The molecular weight excluding hydrogens is 262 g/mol. The molecule has 0 aliphatic rings. The van der Waals surface area contributed by atoms with Gasteiger partial charge >= 0.3 is 0 Å². The van der Waals surface area contributed by atoms with Crippen molar-refractivity contribution in [1.29, 1.82) is 0 Å². The van der Waals surface area contributed by atoms with Crippen molar-refractivity contribution in [1.82, 2.24) is 9.97 Å². The van der Waals surface area contributed by atoms with E-state index in [1.54, 1.807) is 13.1 Å². The molecule has 0 spiro atoms. The van der Waals surface area contributed by atoms with Crippen LogP contribution in [0.25, 0.3) is 16.5 Å². The molecule has 0 bridgehead atoms. The second-order valence-corrected chi connectivity index (χ2v) is 4.86. The highest BCUT2D eigenvalue weighted by molar-refractivity contribution is 6.03. The summed E-state index contributed by atoms with van der Waals surface area (Å²) in [6.07, 6.45) is 3.59. The maximum absolute atomic E-state index is 11.6. The van der Waals surface area contributed by atoms with Crippen LogP contribution in [0.3, 0.4) is 0 Å². The van der Waals surface area contributed by atoms with Crippen molar-refractivity contribution < 1.29 is 4.79 Å². The Hall–Kier alpha value is -2.88. The SMILES string of the molecule is CC(C(N)=O)=C(c1ccc2cc[nH]c2c1)c1ccccn1. The van der Waals surface area contributed by atoms with Crippen molar-refractivity contribution in [2.45, 2.75) is 6.92 Å². The van der Waals surface area contributed by atoms with Crippen LogP contribution in [-0.2, 0) is 4.79 Å². The number of primary amides is 1. The number of pyridine rings is 1. The average molecular weight is 277 g/mol. The Balaban J connectivity index is 2.24. The van der Waals surface area contributed by atoms with Crippen LogP contribution in [-0.4, -0.2) is 15.9 Å². The third-order valence-electron chi connectivity index (χ3n) is 3.51. The number of carbonyl (C=O) groups is 1. The minimum absolute atomic E-state index is 0.442. The fourth-order valence-corrected chi connectivity index (χ4v) is 2.39. The molecule has 104 valence electrons. The van der Waals surface area contributed by atoms with Gasteiger partial charge in [0, 0.05) is 29.1 Å². The van der Waals surface area contributed by atoms with Gasteiger partial charge in [-0.25, -0.2) is 0 Å². The van der Waals surface area contributed by atoms with Crippen molar-refractivity contribution in [2.24, 2.45) is 5.73 Å². The Morgan fingerprint density at radius 3 is 2.76 bits per heavy atom. The van der Waals surface area contributed by atoms with Crippen LogP contribution in [0.2, 0.25) is 0 Å². The standard InChI is InChI=1S/C17H15N3O/c1-11(17(18)21)16(14-4-2-3-8-19-14)13-6-5-12-7-9-20-15(12)10-13/h2-10,20H,1H3,(H2,18,21). The van der Waals surface area contributed by atoms with E-state index in [2.05, 4.69) is 9.97 Å². The van der Waals surface area contributed by atoms with E-state index in [1.807, 2.05) is 48.7 Å². The summed E-state index contributed by atoms with van der Waals surface area (Å²) in [7, 11) is 0. The number of benzene rings is 1. The van der Waals surface area contributed by atoms with E-state index in [0.29, 0.717) is 5.57 Å². The first kappa shape index (κ1) is 13.1. The Morgan fingerprint density at radius 2 is 2.05 bits per heavy atom. The average Bonchev–Trinajstić information content (AvgIpc) is 2.96. The van der Waals surface area contributed by atoms with Gasteiger partial charge in [-0.1, -0.05) is 18.2 Å². The molecule has 21 heavy (non-hydrogen) atoms. The molecule has 1 amide bonds. The van der Waals surface area contributed by atoms with Crippen LogP contribution in [0.1, 0.15) is 18.2 Å². The molecule has 4 heteroatoms. The number of amides is 1. The highest BCUT2D eigenvalue weighted by Gasteiger charge is 2.14. The van der Waals surface area contributed by atoms with Crippen LogP contribution in [0.4, 0.5) is 0 Å². The summed E-state index contributed by atoms with van der Waals surface area (Å²) in [6.45, 7) is 1.73. The molecule has 0 saturated heterocycles. The quantitative estimate of drug-likeness (QED) is 0.722. The largest absolute Gasteiger partial charge is 0.366 e. The lowest BCUT2D eigenvalue weighted by atomic mass is 9.96. The molecule has 3 aromatic rings. The second kappa shape index (κ2) is 5.25. The summed E-state index contributed by atoms with van der Waals surface area (Å²) in [4.78, 5) is 19.2. The van der Waals surface area contributed by atoms with Gasteiger partial charge in [0.15, 0.2) is 0 Å². The monoisotopic (exact) mass is 277 g/mol. The van der Waals surface area contributed by atoms with Crippen LogP contribution in [0, 0.1) is 0 Å². The van der Waals surface area contributed by atoms with E-state index in [9.17, 15) is 4.79 Å². The van der Waals surface area contributed by atoms with Crippen LogP contribution >= 0.6 is 0 Å². The third-order valence-corrected chi connectivity index (χ3v) is 3.51. The Bertz CT molecular complexity index is 831. The summed E-state index contributed by atoms with van der Waals surface area (Å²) in [5.41, 5.74) is 9.40. The molecule has 3 N–H and O–H groups in total. The first-order valence-corrected chi connectivity index (χ1v) is 6.66. The van der Waals surface area contributed by atoms with E-state index in [0.717, 1.165) is 27.7 Å². The molecule has 0 radical (unpaired) electrons. The zero-order valence-electron chi connectivity index (χ0n) is 11.6. The Kier molecular flexibility index (Phi) is 3.28. The Labute approximate surface area is 122 Å². The zero-order valence-corrected chi connectivity index (χ0v) is 11.6. The lowest BCUT2D eigenvalue weighted by Gasteiger charge is -2.11. The molecule has 1 aromatic carbocycles. The molecule has 0 aliphatic carbocycles. The van der Waals surface area contributed by atoms with E-state index in [-0.39, 0.29) is 0 Å². The lowest BCUT2D eigenvalue weighted by Crippen LogP contribution is -2.14. The number of nitrogens with two attached hydrogens (primary N) is 1. The van der Waals surface area contributed by atoms with Crippen molar-refractivity contribution in [2.75, 3.05) is 0 Å². The van der Waals surface area contributed by atoms with Gasteiger partial charge in [0.25, 0.3) is 0 Å². The molecule has 0 atom stereocenters. The van der Waals surface area contributed by atoms with Gasteiger partial charge in [0.1, 0.15) is 0 Å². The number of carbonyl (C=O) groups excluding carboxylic acids is 1. The number of nitrogens with zero attached hydrogens (tertiary/aromatic N) is 1. The Morgan fingerprint density at radius 1 is 1.19 bits per heavy atom. The molecule has 0 fully saturated rings. The molecule has 3 rings (SSSR count). The van der Waals surface area contributed by atoms with Crippen molar-refractivity contribution in [3.05, 3.63) is 71.7 Å². The van der Waals surface area contributed by atoms with Crippen molar-refractivity contribution >= 4 is 22.4 Å². The molecule has 2 heterocycles. The summed E-state index contributed by atoms with van der Waals surface area (Å²) in [5, 5.41) is 1.12. The van der Waals surface area contributed by atoms with E-state index in [1.165, 1.54) is 0 Å². The highest BCUT2D eigenvalue weighted by Crippen LogP contribution is 2.27. The fourth-order valence-electron chi connectivity index (χ4n) is 2.39. The number of nitrogens with one attached hydrogen (secondary N) is 1. The van der Waals surface area contributed by atoms with Crippen LogP contribution < -0.4 is 5.73 Å². The normalized spacial score (nSPS) is 12.2. The molecular formula is C17H15N3O. The van der Waals surface area contributed by atoms with Gasteiger partial charge < -0.3 is 10.7 Å². The minimum atomic E-state index is -0.442. The molecule has 2 aromatic heterocycles. The topological polar surface area (TPSA) is 71.8 Å². The summed E-state index contributed by atoms with van der Waals surface area (Å²) in [5.74, 6) is -0.442. The number of aromatic amines is 1. The minimum Gasteiger partial charge on any atom is -0.366 e. The number of fused-ring (bicyclic) bond motifs is 1. The number of aromatic nitrogens is 2. The van der Waals surface area contributed by atoms with Gasteiger partial charge in [-0.2, -0.15) is 0 Å². The first-order chi connectivity index (χ1) is 10.2. The molecule has 0 saturated carbocycles. The maximum atomic E-state index is 11.6. The molecule has 4 nitrogen and oxygen atoms in total. The number of H-pyrrole nitrogens is 1. The van der Waals surface area contributed by atoms with Gasteiger partial charge in [-0.05, 0) is 42.1 Å². The zero-order chi connectivity index (χ0) is 14.8. The predicted molar refractivity (Wildman–Crippen MR) is 83.4 cm³/mol.